The Morgan fingerprint density at radius 1 is 1.36 bits per heavy atom. The van der Waals surface area contributed by atoms with Crippen LogP contribution in [0.2, 0.25) is 0 Å². The largest absolute Gasteiger partial charge is 0.325 e. The van der Waals surface area contributed by atoms with Crippen molar-refractivity contribution >= 4 is 8.53 Å². The van der Waals surface area contributed by atoms with Crippen LogP contribution in [-0.4, -0.2) is 31.0 Å². The van der Waals surface area contributed by atoms with Gasteiger partial charge in [0.05, 0.1) is 6.61 Å². The molecule has 0 aromatic rings. The quantitative estimate of drug-likeness (QED) is 0.627. The first kappa shape index (κ1) is 9.53. The Hall–Kier alpha value is 0.310. The molecule has 0 amide bonds. The third-order valence-electron chi connectivity index (χ3n) is 3.96. The number of nitrogens with zero attached hydrogens (tertiary/aromatic N) is 1. The van der Waals surface area contributed by atoms with Crippen molar-refractivity contribution < 1.29 is 9.05 Å². The van der Waals surface area contributed by atoms with Crippen LogP contribution in [0.25, 0.3) is 0 Å². The van der Waals surface area contributed by atoms with E-state index in [1.54, 1.807) is 7.11 Å². The highest BCUT2D eigenvalue weighted by Crippen LogP contribution is 2.57. The summed E-state index contributed by atoms with van der Waals surface area (Å²) in [6.07, 6.45) is 5.61. The molecule has 80 valence electrons. The molecule has 2 heterocycles. The van der Waals surface area contributed by atoms with Crippen molar-refractivity contribution in [1.29, 1.82) is 0 Å². The molecule has 3 nitrogen and oxygen atoms in total. The van der Waals surface area contributed by atoms with Gasteiger partial charge in [-0.05, 0) is 18.8 Å². The predicted molar refractivity (Wildman–Crippen MR) is 55.8 cm³/mol. The number of fused-ring (bicyclic) bond motifs is 5. The molecular weight excluding hydrogens is 197 g/mol. The van der Waals surface area contributed by atoms with Gasteiger partial charge in [0.25, 0.3) is 8.53 Å². The molecule has 3 rings (SSSR count). The van der Waals surface area contributed by atoms with E-state index in [2.05, 4.69) is 4.67 Å². The summed E-state index contributed by atoms with van der Waals surface area (Å²) >= 11 is 0. The minimum absolute atomic E-state index is 0.702. The van der Waals surface area contributed by atoms with Gasteiger partial charge < -0.3 is 9.05 Å². The van der Waals surface area contributed by atoms with Crippen LogP contribution in [0.15, 0.2) is 0 Å². The van der Waals surface area contributed by atoms with Crippen LogP contribution in [0.1, 0.15) is 25.7 Å². The zero-order valence-electron chi connectivity index (χ0n) is 8.69. The molecule has 0 aromatic heterocycles. The Morgan fingerprint density at radius 2 is 2.21 bits per heavy atom. The van der Waals surface area contributed by atoms with Crippen molar-refractivity contribution in [3.63, 3.8) is 0 Å². The van der Waals surface area contributed by atoms with Crippen LogP contribution in [-0.2, 0) is 9.05 Å². The van der Waals surface area contributed by atoms with Crippen LogP contribution in [0, 0.1) is 11.8 Å². The predicted octanol–water partition coefficient (Wildman–Crippen LogP) is 2.38. The Morgan fingerprint density at radius 3 is 3.07 bits per heavy atom. The molecule has 0 radical (unpaired) electrons. The number of rotatable bonds is 1. The third-order valence-corrected chi connectivity index (χ3v) is 5.52. The number of hydrogen-bond acceptors (Lipinski definition) is 3. The summed E-state index contributed by atoms with van der Waals surface area (Å²) < 4.78 is 13.7. The molecule has 5 atom stereocenters. The molecule has 1 unspecified atom stereocenters. The topological polar surface area (TPSA) is 21.7 Å². The monoisotopic (exact) mass is 215 g/mol. The zero-order valence-corrected chi connectivity index (χ0v) is 9.58. The number of hydrogen-bond donors (Lipinski definition) is 0. The summed E-state index contributed by atoms with van der Waals surface area (Å²) in [4.78, 5) is 0. The van der Waals surface area contributed by atoms with Gasteiger partial charge in [-0.2, -0.15) is 0 Å². The molecule has 1 aliphatic carbocycles. The van der Waals surface area contributed by atoms with Gasteiger partial charge in [0.15, 0.2) is 0 Å². The third kappa shape index (κ3) is 1.34. The molecule has 14 heavy (non-hydrogen) atoms. The van der Waals surface area contributed by atoms with E-state index in [1.165, 1.54) is 32.2 Å². The van der Waals surface area contributed by atoms with Gasteiger partial charge in [-0.15, -0.1) is 0 Å². The summed E-state index contributed by atoms with van der Waals surface area (Å²) in [5.41, 5.74) is 0. The first-order valence-electron chi connectivity index (χ1n) is 5.64. The second-order valence-electron chi connectivity index (χ2n) is 4.61. The van der Waals surface area contributed by atoms with E-state index >= 15 is 0 Å². The highest BCUT2D eigenvalue weighted by atomic mass is 31.2. The van der Waals surface area contributed by atoms with E-state index in [4.69, 9.17) is 9.05 Å². The van der Waals surface area contributed by atoms with Crippen LogP contribution >= 0.6 is 8.53 Å². The zero-order chi connectivity index (χ0) is 9.54. The smallest absolute Gasteiger partial charge is 0.258 e. The lowest BCUT2D eigenvalue weighted by Crippen LogP contribution is -2.31. The van der Waals surface area contributed by atoms with Crippen molar-refractivity contribution in [1.82, 2.24) is 4.67 Å². The van der Waals surface area contributed by atoms with Crippen LogP contribution in [0.3, 0.4) is 0 Å². The maximum atomic E-state index is 5.77. The fraction of sp³-hybridized carbons (Fsp3) is 1.00. The fourth-order valence-corrected chi connectivity index (χ4v) is 4.98. The summed E-state index contributed by atoms with van der Waals surface area (Å²) in [6.45, 7) is 2.17. The van der Waals surface area contributed by atoms with Crippen LogP contribution in [0.5, 0.6) is 0 Å². The van der Waals surface area contributed by atoms with Crippen LogP contribution < -0.4 is 0 Å². The van der Waals surface area contributed by atoms with Gasteiger partial charge in [-0.3, -0.25) is 0 Å². The summed E-state index contributed by atoms with van der Waals surface area (Å²) in [5.74, 6) is 1.71. The Labute approximate surface area is 86.7 Å². The van der Waals surface area contributed by atoms with Gasteiger partial charge in [0, 0.05) is 25.6 Å². The molecule has 2 aliphatic heterocycles. The van der Waals surface area contributed by atoms with Crippen molar-refractivity contribution in [3.05, 3.63) is 0 Å². The van der Waals surface area contributed by atoms with E-state index in [9.17, 15) is 0 Å². The van der Waals surface area contributed by atoms with Crippen molar-refractivity contribution in [3.8, 4) is 0 Å². The average Bonchev–Trinajstić information content (AvgIpc) is 2.55. The van der Waals surface area contributed by atoms with Gasteiger partial charge in [-0.1, -0.05) is 12.8 Å². The van der Waals surface area contributed by atoms with E-state index < -0.39 is 8.53 Å². The van der Waals surface area contributed by atoms with E-state index in [0.717, 1.165) is 24.5 Å². The Bertz CT molecular complexity index is 226. The molecular formula is C10H18NO2P. The fourth-order valence-electron chi connectivity index (χ4n) is 3.33. The lowest BCUT2D eigenvalue weighted by Gasteiger charge is -2.33. The molecule has 1 saturated carbocycles. The maximum absolute atomic E-state index is 5.77. The van der Waals surface area contributed by atoms with Crippen molar-refractivity contribution in [2.45, 2.75) is 31.7 Å². The molecule has 0 aromatic carbocycles. The van der Waals surface area contributed by atoms with Crippen LogP contribution in [0.4, 0.5) is 0 Å². The molecule has 3 aliphatic rings. The van der Waals surface area contributed by atoms with Gasteiger partial charge in [-0.25, -0.2) is 4.67 Å². The first-order chi connectivity index (χ1) is 6.90. The average molecular weight is 215 g/mol. The second-order valence-corrected chi connectivity index (χ2v) is 6.23. The van der Waals surface area contributed by atoms with Crippen molar-refractivity contribution in [2.24, 2.45) is 11.8 Å². The maximum Gasteiger partial charge on any atom is 0.258 e. The Balaban J connectivity index is 1.81. The molecule has 3 fully saturated rings. The summed E-state index contributed by atoms with van der Waals surface area (Å²) in [6, 6.07) is 0.780. The van der Waals surface area contributed by atoms with Crippen molar-refractivity contribution in [2.75, 3.05) is 20.3 Å². The minimum atomic E-state index is -0.702. The minimum Gasteiger partial charge on any atom is -0.325 e. The molecule has 2 bridgehead atoms. The summed E-state index contributed by atoms with van der Waals surface area (Å²) in [7, 11) is 1.08. The molecule has 4 heteroatoms. The highest BCUT2D eigenvalue weighted by molar-refractivity contribution is 7.44. The van der Waals surface area contributed by atoms with Gasteiger partial charge in [0.1, 0.15) is 0 Å². The lowest BCUT2D eigenvalue weighted by molar-refractivity contribution is 0.171. The van der Waals surface area contributed by atoms with E-state index in [1.807, 2.05) is 0 Å². The SMILES string of the molecule is CO[P@]1OC[C@H]2CN1[C@@H]1CCCC[C@H]21. The Kier molecular flexibility index (Phi) is 2.53. The normalized spacial score (nSPS) is 51.6. The summed E-state index contributed by atoms with van der Waals surface area (Å²) in [5, 5.41) is 0. The highest BCUT2D eigenvalue weighted by Gasteiger charge is 2.49. The van der Waals surface area contributed by atoms with E-state index in [0.29, 0.717) is 0 Å². The molecule has 0 N–H and O–H groups in total. The van der Waals surface area contributed by atoms with Gasteiger partial charge >= 0.3 is 0 Å². The van der Waals surface area contributed by atoms with Gasteiger partial charge in [0.2, 0.25) is 0 Å². The first-order valence-corrected chi connectivity index (χ1v) is 6.77. The molecule has 0 spiro atoms. The second kappa shape index (κ2) is 3.71. The lowest BCUT2D eigenvalue weighted by atomic mass is 9.80. The molecule has 2 saturated heterocycles. The standard InChI is InChI=1S/C10H18NO2P/c1-12-14-11-6-8(7-13-14)9-4-2-3-5-10(9)11/h8-10H,2-7H2,1H3/t8-,9-,10-,14-/m1/s1. The van der Waals surface area contributed by atoms with E-state index in [-0.39, 0.29) is 0 Å².